The molecular formula is C15H25N5O. The maximum absolute atomic E-state index is 11.1. The summed E-state index contributed by atoms with van der Waals surface area (Å²) in [5.74, 6) is -0.405. The molecule has 6 nitrogen and oxygen atoms in total. The molecular weight excluding hydrogens is 266 g/mol. The van der Waals surface area contributed by atoms with Gasteiger partial charge in [0.1, 0.15) is 0 Å². The number of carbonyl (C=O) groups excluding carboxylic acids is 1. The van der Waals surface area contributed by atoms with Gasteiger partial charge in [0.25, 0.3) is 5.91 Å². The summed E-state index contributed by atoms with van der Waals surface area (Å²) >= 11 is 0. The largest absolute Gasteiger partial charge is 0.366 e. The molecule has 0 saturated carbocycles. The number of carbonyl (C=O) groups is 1. The van der Waals surface area contributed by atoms with E-state index in [-0.39, 0.29) is 0 Å². The number of hydrogen-bond acceptors (Lipinski definition) is 4. The quantitative estimate of drug-likeness (QED) is 0.868. The van der Waals surface area contributed by atoms with Crippen LogP contribution < -0.4 is 5.73 Å². The molecule has 2 fully saturated rings. The third-order valence-corrected chi connectivity index (χ3v) is 4.90. The van der Waals surface area contributed by atoms with E-state index in [9.17, 15) is 4.79 Å². The molecule has 1 aromatic rings. The van der Waals surface area contributed by atoms with Gasteiger partial charge in [-0.15, -0.1) is 0 Å². The summed E-state index contributed by atoms with van der Waals surface area (Å²) in [6.07, 6.45) is 8.64. The topological polar surface area (TPSA) is 67.4 Å². The van der Waals surface area contributed by atoms with Crippen LogP contribution in [0.4, 0.5) is 0 Å². The molecule has 0 spiro atoms. The highest BCUT2D eigenvalue weighted by atomic mass is 16.1. The van der Waals surface area contributed by atoms with E-state index in [1.807, 2.05) is 4.68 Å². The van der Waals surface area contributed by atoms with Gasteiger partial charge >= 0.3 is 0 Å². The number of hydrogen-bond donors (Lipinski definition) is 1. The second-order valence-corrected chi connectivity index (χ2v) is 6.41. The van der Waals surface area contributed by atoms with Crippen molar-refractivity contribution in [2.45, 2.75) is 37.8 Å². The molecule has 0 aromatic carbocycles. The smallest absolute Gasteiger partial charge is 0.251 e. The lowest BCUT2D eigenvalue weighted by Gasteiger charge is -2.41. The van der Waals surface area contributed by atoms with E-state index in [1.54, 1.807) is 12.4 Å². The molecule has 6 heteroatoms. The van der Waals surface area contributed by atoms with E-state index in [1.165, 1.54) is 32.2 Å². The van der Waals surface area contributed by atoms with E-state index in [2.05, 4.69) is 21.9 Å². The molecule has 1 aromatic heterocycles. The van der Waals surface area contributed by atoms with Crippen LogP contribution in [0.5, 0.6) is 0 Å². The SMILES string of the molecule is CN1CCCCC1CCN1CC(n2cc(C(N)=O)cn2)C1. The van der Waals surface area contributed by atoms with Crippen LogP contribution in [0.25, 0.3) is 0 Å². The Bertz CT molecular complexity index is 494. The van der Waals surface area contributed by atoms with Crippen LogP contribution in [0.15, 0.2) is 12.4 Å². The van der Waals surface area contributed by atoms with E-state index in [0.29, 0.717) is 11.6 Å². The van der Waals surface area contributed by atoms with Crippen LogP contribution in [-0.2, 0) is 0 Å². The van der Waals surface area contributed by atoms with Gasteiger partial charge in [-0.2, -0.15) is 5.10 Å². The minimum atomic E-state index is -0.405. The zero-order chi connectivity index (χ0) is 14.8. The van der Waals surface area contributed by atoms with Crippen molar-refractivity contribution in [3.05, 3.63) is 18.0 Å². The first-order chi connectivity index (χ1) is 10.1. The number of likely N-dealkylation sites (tertiary alicyclic amines) is 2. The van der Waals surface area contributed by atoms with Gasteiger partial charge in [-0.05, 0) is 39.4 Å². The molecule has 0 bridgehead atoms. The van der Waals surface area contributed by atoms with Crippen molar-refractivity contribution >= 4 is 5.91 Å². The van der Waals surface area contributed by atoms with Crippen molar-refractivity contribution < 1.29 is 4.79 Å². The highest BCUT2D eigenvalue weighted by Gasteiger charge is 2.30. The molecule has 21 heavy (non-hydrogen) atoms. The first-order valence-corrected chi connectivity index (χ1v) is 7.90. The molecule has 0 radical (unpaired) electrons. The van der Waals surface area contributed by atoms with E-state index in [0.717, 1.165) is 25.7 Å². The number of rotatable bonds is 5. The fourth-order valence-corrected chi connectivity index (χ4v) is 3.40. The average molecular weight is 291 g/mol. The Morgan fingerprint density at radius 2 is 2.24 bits per heavy atom. The van der Waals surface area contributed by atoms with Gasteiger partial charge < -0.3 is 10.6 Å². The molecule has 2 N–H and O–H groups in total. The minimum Gasteiger partial charge on any atom is -0.366 e. The molecule has 1 unspecified atom stereocenters. The number of nitrogens with two attached hydrogens (primary N) is 1. The summed E-state index contributed by atoms with van der Waals surface area (Å²) in [7, 11) is 2.25. The molecule has 116 valence electrons. The average Bonchev–Trinajstić information content (AvgIpc) is 2.88. The Hall–Kier alpha value is -1.40. The predicted octanol–water partition coefficient (Wildman–Crippen LogP) is 0.713. The zero-order valence-corrected chi connectivity index (χ0v) is 12.7. The molecule has 2 saturated heterocycles. The maximum atomic E-state index is 11.1. The van der Waals surface area contributed by atoms with E-state index >= 15 is 0 Å². The molecule has 1 amide bonds. The van der Waals surface area contributed by atoms with Gasteiger partial charge in [0.15, 0.2) is 0 Å². The number of primary amides is 1. The lowest BCUT2D eigenvalue weighted by Crippen LogP contribution is -2.49. The van der Waals surface area contributed by atoms with Crippen molar-refractivity contribution in [2.75, 3.05) is 33.2 Å². The number of amides is 1. The Morgan fingerprint density at radius 3 is 2.90 bits per heavy atom. The Morgan fingerprint density at radius 1 is 1.43 bits per heavy atom. The van der Waals surface area contributed by atoms with Gasteiger partial charge in [-0.1, -0.05) is 6.42 Å². The first kappa shape index (κ1) is 14.5. The fraction of sp³-hybridized carbons (Fsp3) is 0.733. The number of piperidine rings is 1. The van der Waals surface area contributed by atoms with Crippen molar-refractivity contribution in [1.29, 1.82) is 0 Å². The molecule has 0 aliphatic carbocycles. The number of nitrogens with zero attached hydrogens (tertiary/aromatic N) is 4. The lowest BCUT2D eigenvalue weighted by molar-refractivity contribution is 0.0785. The van der Waals surface area contributed by atoms with Crippen LogP contribution in [0.1, 0.15) is 42.1 Å². The monoisotopic (exact) mass is 291 g/mol. The third kappa shape index (κ3) is 3.27. The molecule has 1 atom stereocenters. The maximum Gasteiger partial charge on any atom is 0.251 e. The predicted molar refractivity (Wildman–Crippen MR) is 81.1 cm³/mol. The van der Waals surface area contributed by atoms with Crippen molar-refractivity contribution in [3.63, 3.8) is 0 Å². The summed E-state index contributed by atoms with van der Waals surface area (Å²) < 4.78 is 1.88. The lowest BCUT2D eigenvalue weighted by atomic mass is 9.99. The fourth-order valence-electron chi connectivity index (χ4n) is 3.40. The molecule has 2 aliphatic rings. The summed E-state index contributed by atoms with van der Waals surface area (Å²) in [4.78, 5) is 16.0. The minimum absolute atomic E-state index is 0.391. The standard InChI is InChI=1S/C15H25N5O/c1-18-6-3-2-4-13(18)5-7-19-10-14(11-19)20-9-12(8-17-20)15(16)21/h8-9,13-14H,2-7,10-11H2,1H3,(H2,16,21). The summed E-state index contributed by atoms with van der Waals surface area (Å²) in [5, 5.41) is 4.24. The van der Waals surface area contributed by atoms with Gasteiger partial charge in [-0.3, -0.25) is 14.4 Å². The highest BCUT2D eigenvalue weighted by molar-refractivity contribution is 5.92. The summed E-state index contributed by atoms with van der Waals surface area (Å²) in [6, 6.07) is 1.14. The highest BCUT2D eigenvalue weighted by Crippen LogP contribution is 2.23. The third-order valence-electron chi connectivity index (χ3n) is 4.90. The van der Waals surface area contributed by atoms with E-state index in [4.69, 9.17) is 5.73 Å². The Kier molecular flexibility index (Phi) is 4.26. The zero-order valence-electron chi connectivity index (χ0n) is 12.7. The van der Waals surface area contributed by atoms with Crippen LogP contribution in [0.2, 0.25) is 0 Å². The normalized spacial score (nSPS) is 24.9. The van der Waals surface area contributed by atoms with Crippen molar-refractivity contribution in [1.82, 2.24) is 19.6 Å². The second-order valence-electron chi connectivity index (χ2n) is 6.41. The van der Waals surface area contributed by atoms with Crippen molar-refractivity contribution in [2.24, 2.45) is 5.73 Å². The van der Waals surface area contributed by atoms with E-state index < -0.39 is 5.91 Å². The summed E-state index contributed by atoms with van der Waals surface area (Å²) in [5.41, 5.74) is 5.75. The van der Waals surface area contributed by atoms with Gasteiger partial charge in [0, 0.05) is 25.3 Å². The van der Waals surface area contributed by atoms with Gasteiger partial charge in [0.05, 0.1) is 17.8 Å². The van der Waals surface area contributed by atoms with Gasteiger partial charge in [0.2, 0.25) is 0 Å². The molecule has 3 rings (SSSR count). The van der Waals surface area contributed by atoms with Crippen LogP contribution in [0.3, 0.4) is 0 Å². The Labute approximate surface area is 125 Å². The van der Waals surface area contributed by atoms with Crippen LogP contribution >= 0.6 is 0 Å². The molecule has 3 heterocycles. The van der Waals surface area contributed by atoms with Crippen molar-refractivity contribution in [3.8, 4) is 0 Å². The number of aromatic nitrogens is 2. The van der Waals surface area contributed by atoms with Gasteiger partial charge in [-0.25, -0.2) is 0 Å². The van der Waals surface area contributed by atoms with Crippen LogP contribution in [-0.4, -0.2) is 64.8 Å². The first-order valence-electron chi connectivity index (χ1n) is 7.90. The Balaban J connectivity index is 1.42. The van der Waals surface area contributed by atoms with Crippen LogP contribution in [0, 0.1) is 0 Å². The second kappa shape index (κ2) is 6.15. The summed E-state index contributed by atoms with van der Waals surface area (Å²) in [6.45, 7) is 4.46. The molecule has 2 aliphatic heterocycles.